The van der Waals surface area contributed by atoms with E-state index in [2.05, 4.69) is 68.2 Å². The number of aromatic nitrogens is 1. The van der Waals surface area contributed by atoms with Gasteiger partial charge in [0.1, 0.15) is 5.82 Å². The van der Waals surface area contributed by atoms with Gasteiger partial charge in [0, 0.05) is 24.5 Å². The van der Waals surface area contributed by atoms with Gasteiger partial charge in [0.25, 0.3) is 0 Å². The van der Waals surface area contributed by atoms with Gasteiger partial charge in [-0.3, -0.25) is 0 Å². The highest BCUT2D eigenvalue weighted by molar-refractivity contribution is 5.92. The third kappa shape index (κ3) is 3.73. The van der Waals surface area contributed by atoms with Crippen molar-refractivity contribution in [2.45, 2.75) is 40.3 Å². The van der Waals surface area contributed by atoms with E-state index in [1.807, 2.05) is 7.05 Å². The maximum Gasteiger partial charge on any atom is 0.137 e. The molecule has 1 aromatic carbocycles. The van der Waals surface area contributed by atoms with E-state index in [0.29, 0.717) is 12.0 Å². The molecule has 1 N–H and O–H groups in total. The number of pyridine rings is 1. The summed E-state index contributed by atoms with van der Waals surface area (Å²) in [5.74, 6) is 1.72. The standard InChI is InChI=1S/C18H27N3/c1-13(2)12-21(14(3)4)18-17-9-7-6-8-15(17)10-16(20-18)11-19-5/h6-10,13-14,19H,11-12H2,1-5H3. The molecule has 21 heavy (non-hydrogen) atoms. The van der Waals surface area contributed by atoms with Crippen molar-refractivity contribution in [1.82, 2.24) is 10.3 Å². The van der Waals surface area contributed by atoms with Gasteiger partial charge in [-0.05, 0) is 38.3 Å². The lowest BCUT2D eigenvalue weighted by molar-refractivity contribution is 0.566. The van der Waals surface area contributed by atoms with Crippen LogP contribution in [-0.4, -0.2) is 24.6 Å². The summed E-state index contributed by atoms with van der Waals surface area (Å²) in [4.78, 5) is 7.35. The zero-order chi connectivity index (χ0) is 15.4. The lowest BCUT2D eigenvalue weighted by atomic mass is 10.1. The number of nitrogens with one attached hydrogen (secondary N) is 1. The first-order valence-electron chi connectivity index (χ1n) is 7.82. The normalized spacial score (nSPS) is 11.6. The Kier molecular flexibility index (Phi) is 5.18. The minimum atomic E-state index is 0.438. The molecule has 0 aliphatic heterocycles. The highest BCUT2D eigenvalue weighted by Crippen LogP contribution is 2.28. The van der Waals surface area contributed by atoms with Crippen molar-refractivity contribution in [3.8, 4) is 0 Å². The second-order valence-corrected chi connectivity index (χ2v) is 6.33. The number of hydrogen-bond acceptors (Lipinski definition) is 3. The van der Waals surface area contributed by atoms with Crippen LogP contribution in [-0.2, 0) is 6.54 Å². The van der Waals surface area contributed by atoms with Crippen molar-refractivity contribution in [2.24, 2.45) is 5.92 Å². The third-order valence-corrected chi connectivity index (χ3v) is 3.59. The van der Waals surface area contributed by atoms with Crippen LogP contribution in [0.1, 0.15) is 33.4 Å². The SMILES string of the molecule is CNCc1cc2ccccc2c(N(CC(C)C)C(C)C)n1. The molecule has 0 saturated carbocycles. The summed E-state index contributed by atoms with van der Waals surface area (Å²) < 4.78 is 0. The predicted octanol–water partition coefficient (Wildman–Crippen LogP) is 3.83. The minimum absolute atomic E-state index is 0.438. The van der Waals surface area contributed by atoms with Crippen LogP contribution in [0.25, 0.3) is 10.8 Å². The Morgan fingerprint density at radius 1 is 1.14 bits per heavy atom. The van der Waals surface area contributed by atoms with E-state index >= 15 is 0 Å². The molecule has 1 aromatic heterocycles. The maximum atomic E-state index is 4.93. The van der Waals surface area contributed by atoms with E-state index in [4.69, 9.17) is 4.98 Å². The summed E-state index contributed by atoms with van der Waals surface area (Å²) >= 11 is 0. The molecule has 0 radical (unpaired) electrons. The zero-order valence-electron chi connectivity index (χ0n) is 13.9. The summed E-state index contributed by atoms with van der Waals surface area (Å²) in [7, 11) is 1.96. The first kappa shape index (κ1) is 15.8. The quantitative estimate of drug-likeness (QED) is 0.874. The van der Waals surface area contributed by atoms with Gasteiger partial charge in [-0.25, -0.2) is 4.98 Å². The van der Waals surface area contributed by atoms with Gasteiger partial charge in [-0.15, -0.1) is 0 Å². The average molecular weight is 285 g/mol. The highest BCUT2D eigenvalue weighted by atomic mass is 15.2. The van der Waals surface area contributed by atoms with Crippen molar-refractivity contribution >= 4 is 16.6 Å². The molecule has 3 nitrogen and oxygen atoms in total. The molecule has 114 valence electrons. The Morgan fingerprint density at radius 3 is 2.48 bits per heavy atom. The molecular formula is C18H27N3. The average Bonchev–Trinajstić information content (AvgIpc) is 2.44. The lowest BCUT2D eigenvalue weighted by Crippen LogP contribution is -2.35. The van der Waals surface area contributed by atoms with Crippen LogP contribution < -0.4 is 10.2 Å². The molecule has 0 aliphatic rings. The van der Waals surface area contributed by atoms with Crippen LogP contribution in [0.2, 0.25) is 0 Å². The second-order valence-electron chi connectivity index (χ2n) is 6.33. The van der Waals surface area contributed by atoms with E-state index < -0.39 is 0 Å². The number of rotatable bonds is 6. The predicted molar refractivity (Wildman–Crippen MR) is 91.8 cm³/mol. The Morgan fingerprint density at radius 2 is 1.86 bits per heavy atom. The fourth-order valence-corrected chi connectivity index (χ4v) is 2.66. The number of hydrogen-bond donors (Lipinski definition) is 1. The van der Waals surface area contributed by atoms with Gasteiger partial charge in [-0.1, -0.05) is 38.1 Å². The van der Waals surface area contributed by atoms with Gasteiger partial charge in [-0.2, -0.15) is 0 Å². The van der Waals surface area contributed by atoms with E-state index in [-0.39, 0.29) is 0 Å². The van der Waals surface area contributed by atoms with Crippen LogP contribution in [0, 0.1) is 5.92 Å². The molecule has 2 rings (SSSR count). The van der Waals surface area contributed by atoms with Crippen molar-refractivity contribution in [1.29, 1.82) is 0 Å². The third-order valence-electron chi connectivity index (χ3n) is 3.59. The fourth-order valence-electron chi connectivity index (χ4n) is 2.66. The molecule has 0 atom stereocenters. The Balaban J connectivity index is 2.57. The number of benzene rings is 1. The van der Waals surface area contributed by atoms with Crippen molar-refractivity contribution in [3.05, 3.63) is 36.0 Å². The Hall–Kier alpha value is -1.61. The Labute approximate surface area is 128 Å². The first-order valence-corrected chi connectivity index (χ1v) is 7.82. The second kappa shape index (κ2) is 6.90. The van der Waals surface area contributed by atoms with Crippen LogP contribution >= 0.6 is 0 Å². The van der Waals surface area contributed by atoms with E-state index in [1.54, 1.807) is 0 Å². The van der Waals surface area contributed by atoms with Gasteiger partial charge >= 0.3 is 0 Å². The number of anilines is 1. The summed E-state index contributed by atoms with van der Waals surface area (Å²) in [6.45, 7) is 10.8. The van der Waals surface area contributed by atoms with E-state index in [0.717, 1.165) is 24.6 Å². The molecule has 0 spiro atoms. The molecule has 0 amide bonds. The molecule has 1 heterocycles. The summed E-state index contributed by atoms with van der Waals surface area (Å²) in [6, 6.07) is 11.2. The molecule has 0 aliphatic carbocycles. The van der Waals surface area contributed by atoms with Gasteiger partial charge in [0.15, 0.2) is 0 Å². The van der Waals surface area contributed by atoms with Crippen molar-refractivity contribution < 1.29 is 0 Å². The molecular weight excluding hydrogens is 258 g/mol. The largest absolute Gasteiger partial charge is 0.353 e. The number of nitrogens with zero attached hydrogens (tertiary/aromatic N) is 2. The molecule has 0 unspecified atom stereocenters. The lowest BCUT2D eigenvalue weighted by Gasteiger charge is -2.31. The molecule has 3 heteroatoms. The summed E-state index contributed by atoms with van der Waals surface area (Å²) in [6.07, 6.45) is 0. The maximum absolute atomic E-state index is 4.93. The monoisotopic (exact) mass is 285 g/mol. The smallest absolute Gasteiger partial charge is 0.137 e. The van der Waals surface area contributed by atoms with Gasteiger partial charge < -0.3 is 10.2 Å². The summed E-state index contributed by atoms with van der Waals surface area (Å²) in [5, 5.41) is 5.71. The topological polar surface area (TPSA) is 28.2 Å². The molecule has 0 bridgehead atoms. The highest BCUT2D eigenvalue weighted by Gasteiger charge is 2.17. The summed E-state index contributed by atoms with van der Waals surface area (Å²) in [5.41, 5.74) is 1.10. The zero-order valence-corrected chi connectivity index (χ0v) is 13.9. The van der Waals surface area contributed by atoms with Crippen LogP contribution in [0.3, 0.4) is 0 Å². The fraction of sp³-hybridized carbons (Fsp3) is 0.500. The van der Waals surface area contributed by atoms with Crippen molar-refractivity contribution in [3.63, 3.8) is 0 Å². The van der Waals surface area contributed by atoms with Crippen LogP contribution in [0.4, 0.5) is 5.82 Å². The van der Waals surface area contributed by atoms with Gasteiger partial charge in [0.05, 0.1) is 5.69 Å². The minimum Gasteiger partial charge on any atom is -0.353 e. The number of fused-ring (bicyclic) bond motifs is 1. The van der Waals surface area contributed by atoms with E-state index in [9.17, 15) is 0 Å². The van der Waals surface area contributed by atoms with Crippen LogP contribution in [0.15, 0.2) is 30.3 Å². The Bertz CT molecular complexity index is 590. The molecule has 2 aromatic rings. The first-order chi connectivity index (χ1) is 10.0. The molecule has 0 saturated heterocycles. The molecule has 0 fully saturated rings. The van der Waals surface area contributed by atoms with E-state index in [1.165, 1.54) is 10.8 Å². The van der Waals surface area contributed by atoms with Gasteiger partial charge in [0.2, 0.25) is 0 Å². The van der Waals surface area contributed by atoms with Crippen LogP contribution in [0.5, 0.6) is 0 Å². The van der Waals surface area contributed by atoms with Crippen molar-refractivity contribution in [2.75, 3.05) is 18.5 Å².